The van der Waals surface area contributed by atoms with E-state index in [4.69, 9.17) is 4.74 Å². The lowest BCUT2D eigenvalue weighted by molar-refractivity contribution is -0.107. The van der Waals surface area contributed by atoms with Gasteiger partial charge in [0.05, 0.1) is 7.11 Å². The highest BCUT2D eigenvalue weighted by molar-refractivity contribution is 5.97. The summed E-state index contributed by atoms with van der Waals surface area (Å²) in [7, 11) is 3.42. The van der Waals surface area contributed by atoms with Crippen LogP contribution in [0.2, 0.25) is 0 Å². The first-order valence-corrected chi connectivity index (χ1v) is 10.3. The van der Waals surface area contributed by atoms with E-state index in [0.29, 0.717) is 6.42 Å². The molecule has 0 saturated carbocycles. The number of rotatable bonds is 13. The Labute approximate surface area is 174 Å². The number of Topliss-reactive ketones (excluding diaryl/α,β-unsaturated/α-hetero) is 1. The van der Waals surface area contributed by atoms with Crippen LogP contribution in [0.3, 0.4) is 0 Å². The van der Waals surface area contributed by atoms with Crippen LogP contribution in [0.1, 0.15) is 47.7 Å². The van der Waals surface area contributed by atoms with Gasteiger partial charge in [0.2, 0.25) is 6.41 Å². The van der Waals surface area contributed by atoms with Gasteiger partial charge in [0.25, 0.3) is 0 Å². The van der Waals surface area contributed by atoms with Crippen LogP contribution in [0.25, 0.3) is 0 Å². The molecule has 0 radical (unpaired) electrons. The van der Waals surface area contributed by atoms with Gasteiger partial charge in [0.15, 0.2) is 5.78 Å². The van der Waals surface area contributed by atoms with Crippen LogP contribution in [0.5, 0.6) is 5.75 Å². The molecular weight excluding hydrogens is 364 g/mol. The number of carbonyl (C=O) groups excluding carboxylic acids is 2. The number of para-hydroxylation sites is 1. The molecule has 0 spiro atoms. The molecule has 1 amide bonds. The van der Waals surface area contributed by atoms with Gasteiger partial charge in [-0.05, 0) is 74.2 Å². The molecule has 0 heterocycles. The van der Waals surface area contributed by atoms with E-state index in [-0.39, 0.29) is 5.78 Å². The third-order valence-corrected chi connectivity index (χ3v) is 5.09. The number of benzene rings is 2. The molecule has 0 unspecified atom stereocenters. The zero-order chi connectivity index (χ0) is 21.1. The molecule has 2 aromatic carbocycles. The number of anilines is 1. The van der Waals surface area contributed by atoms with Crippen molar-refractivity contribution >= 4 is 17.9 Å². The SMILES string of the molecule is CCc1cc(C(=O)CCCCNCCc2ccccc2OC)ccc1N(C)C=O. The minimum Gasteiger partial charge on any atom is -0.496 e. The number of unbranched alkanes of at least 4 members (excludes halogenated alkanes) is 1. The Morgan fingerprint density at radius 1 is 1.10 bits per heavy atom. The fourth-order valence-electron chi connectivity index (χ4n) is 3.38. The Kier molecular flexibility index (Phi) is 9.38. The van der Waals surface area contributed by atoms with Gasteiger partial charge in [-0.2, -0.15) is 0 Å². The van der Waals surface area contributed by atoms with Crippen molar-refractivity contribution in [1.82, 2.24) is 5.32 Å². The Hall–Kier alpha value is -2.66. The molecule has 0 aliphatic carbocycles. The minimum atomic E-state index is 0.161. The number of ketones is 1. The number of methoxy groups -OCH3 is 1. The van der Waals surface area contributed by atoms with Crippen LogP contribution >= 0.6 is 0 Å². The average Bonchev–Trinajstić information content (AvgIpc) is 2.77. The maximum atomic E-state index is 12.5. The van der Waals surface area contributed by atoms with Crippen molar-refractivity contribution in [3.8, 4) is 5.75 Å². The normalized spacial score (nSPS) is 10.6. The molecular formula is C24H32N2O3. The Balaban J connectivity index is 1.71. The number of hydrogen-bond acceptors (Lipinski definition) is 4. The molecule has 0 aromatic heterocycles. The van der Waals surface area contributed by atoms with Crippen molar-refractivity contribution < 1.29 is 14.3 Å². The summed E-state index contributed by atoms with van der Waals surface area (Å²) < 4.78 is 5.37. The van der Waals surface area contributed by atoms with E-state index in [2.05, 4.69) is 11.4 Å². The van der Waals surface area contributed by atoms with E-state index < -0.39 is 0 Å². The standard InChI is InChI=1S/C24H32N2O3/c1-4-19-17-21(12-13-22(19)26(2)18-27)23(28)10-7-8-15-25-16-14-20-9-5-6-11-24(20)29-3/h5-6,9,11-13,17-18,25H,4,7-8,10,14-16H2,1-3H3. The zero-order valence-electron chi connectivity index (χ0n) is 17.7. The quantitative estimate of drug-likeness (QED) is 0.315. The molecule has 0 atom stereocenters. The van der Waals surface area contributed by atoms with E-state index in [1.807, 2.05) is 43.3 Å². The minimum absolute atomic E-state index is 0.161. The number of amides is 1. The molecule has 156 valence electrons. The first kappa shape index (κ1) is 22.6. The summed E-state index contributed by atoms with van der Waals surface area (Å²) in [6.45, 7) is 3.81. The topological polar surface area (TPSA) is 58.6 Å². The van der Waals surface area contributed by atoms with E-state index >= 15 is 0 Å². The Morgan fingerprint density at radius 2 is 1.90 bits per heavy atom. The molecule has 5 heteroatoms. The van der Waals surface area contributed by atoms with Crippen molar-refractivity contribution in [2.75, 3.05) is 32.1 Å². The number of hydrogen-bond donors (Lipinski definition) is 1. The summed E-state index contributed by atoms with van der Waals surface area (Å²) in [6, 6.07) is 13.7. The fourth-order valence-corrected chi connectivity index (χ4v) is 3.38. The zero-order valence-corrected chi connectivity index (χ0v) is 17.7. The summed E-state index contributed by atoms with van der Waals surface area (Å²) in [4.78, 5) is 25.0. The van der Waals surface area contributed by atoms with Gasteiger partial charge < -0.3 is 15.0 Å². The predicted molar refractivity (Wildman–Crippen MR) is 118 cm³/mol. The maximum absolute atomic E-state index is 12.5. The van der Waals surface area contributed by atoms with Crippen molar-refractivity contribution in [3.63, 3.8) is 0 Å². The average molecular weight is 397 g/mol. The third-order valence-electron chi connectivity index (χ3n) is 5.09. The predicted octanol–water partition coefficient (Wildman–Crippen LogP) is 4.04. The van der Waals surface area contributed by atoms with Crippen LogP contribution in [-0.4, -0.2) is 39.4 Å². The van der Waals surface area contributed by atoms with Gasteiger partial charge in [-0.25, -0.2) is 0 Å². The van der Waals surface area contributed by atoms with Crippen molar-refractivity contribution in [2.45, 2.75) is 39.0 Å². The summed E-state index contributed by atoms with van der Waals surface area (Å²) >= 11 is 0. The first-order chi connectivity index (χ1) is 14.1. The van der Waals surface area contributed by atoms with Crippen molar-refractivity contribution in [2.24, 2.45) is 0 Å². The number of aryl methyl sites for hydroxylation is 1. The van der Waals surface area contributed by atoms with E-state index in [9.17, 15) is 9.59 Å². The molecule has 0 saturated heterocycles. The van der Waals surface area contributed by atoms with Crippen LogP contribution in [0.15, 0.2) is 42.5 Å². The Bertz CT molecular complexity index is 804. The van der Waals surface area contributed by atoms with E-state index in [1.165, 1.54) is 5.56 Å². The molecule has 0 fully saturated rings. The van der Waals surface area contributed by atoms with Crippen LogP contribution in [0.4, 0.5) is 5.69 Å². The molecule has 0 aliphatic heterocycles. The van der Waals surface area contributed by atoms with Crippen molar-refractivity contribution in [3.05, 3.63) is 59.2 Å². The molecule has 2 rings (SSSR count). The van der Waals surface area contributed by atoms with Crippen molar-refractivity contribution in [1.29, 1.82) is 0 Å². The monoisotopic (exact) mass is 396 g/mol. The molecule has 0 bridgehead atoms. The van der Waals surface area contributed by atoms with Gasteiger partial charge in [0, 0.05) is 24.7 Å². The number of carbonyl (C=O) groups is 2. The molecule has 5 nitrogen and oxygen atoms in total. The molecule has 2 aromatic rings. The number of nitrogens with one attached hydrogen (secondary N) is 1. The van der Waals surface area contributed by atoms with Gasteiger partial charge >= 0.3 is 0 Å². The third kappa shape index (κ3) is 6.71. The number of ether oxygens (including phenoxy) is 1. The molecule has 29 heavy (non-hydrogen) atoms. The molecule has 0 aliphatic rings. The lowest BCUT2D eigenvalue weighted by atomic mass is 10.0. The van der Waals surface area contributed by atoms with Crippen LogP contribution in [0, 0.1) is 0 Å². The second kappa shape index (κ2) is 12.0. The second-order valence-corrected chi connectivity index (χ2v) is 7.11. The highest BCUT2D eigenvalue weighted by Crippen LogP contribution is 2.22. The van der Waals surface area contributed by atoms with Crippen LogP contribution in [-0.2, 0) is 17.6 Å². The number of nitrogens with zero attached hydrogens (tertiary/aromatic N) is 1. The highest BCUT2D eigenvalue weighted by atomic mass is 16.5. The van der Waals surface area contributed by atoms with E-state index in [0.717, 1.165) is 67.7 Å². The first-order valence-electron chi connectivity index (χ1n) is 10.3. The smallest absolute Gasteiger partial charge is 0.213 e. The summed E-state index contributed by atoms with van der Waals surface area (Å²) in [5.41, 5.74) is 3.81. The summed E-state index contributed by atoms with van der Waals surface area (Å²) in [5.74, 6) is 1.09. The summed E-state index contributed by atoms with van der Waals surface area (Å²) in [5, 5.41) is 3.44. The summed E-state index contributed by atoms with van der Waals surface area (Å²) in [6.07, 6.45) is 4.86. The highest BCUT2D eigenvalue weighted by Gasteiger charge is 2.11. The van der Waals surface area contributed by atoms with Crippen LogP contribution < -0.4 is 15.0 Å². The van der Waals surface area contributed by atoms with Gasteiger partial charge in [-0.3, -0.25) is 9.59 Å². The Morgan fingerprint density at radius 3 is 2.62 bits per heavy atom. The lowest BCUT2D eigenvalue weighted by Crippen LogP contribution is -2.19. The maximum Gasteiger partial charge on any atom is 0.213 e. The lowest BCUT2D eigenvalue weighted by Gasteiger charge is -2.16. The van der Waals surface area contributed by atoms with Gasteiger partial charge in [-0.15, -0.1) is 0 Å². The fraction of sp³-hybridized carbons (Fsp3) is 0.417. The van der Waals surface area contributed by atoms with E-state index in [1.54, 1.807) is 19.1 Å². The largest absolute Gasteiger partial charge is 0.496 e. The van der Waals surface area contributed by atoms with Gasteiger partial charge in [-0.1, -0.05) is 25.1 Å². The van der Waals surface area contributed by atoms with Gasteiger partial charge in [0.1, 0.15) is 5.75 Å². The molecule has 1 N–H and O–H groups in total. The second-order valence-electron chi connectivity index (χ2n) is 7.11.